The highest BCUT2D eigenvalue weighted by atomic mass is 16.6. The number of nitrogens with zero attached hydrogens (tertiary/aromatic N) is 2. The van der Waals surface area contributed by atoms with E-state index >= 15 is 0 Å². The fourth-order valence-electron chi connectivity index (χ4n) is 2.00. The van der Waals surface area contributed by atoms with Gasteiger partial charge in [0.2, 0.25) is 5.91 Å². The number of amides is 2. The Morgan fingerprint density at radius 1 is 1.35 bits per heavy atom. The number of rotatable bonds is 7. The van der Waals surface area contributed by atoms with Crippen LogP contribution in [0.1, 0.15) is 26.3 Å². The standard InChI is InChI=1S/C16H24N4O6/c1-11-9-20(14(24)18-13(11)23)10-12(22)19(7-8-21)6-5-17-15(25)26-16(2,3)4/h8-9H,5-7,10H2,1-4H3,(H,17,25)(H,18,23,24). The maximum atomic E-state index is 12.3. The third-order valence-corrected chi connectivity index (χ3v) is 3.19. The summed E-state index contributed by atoms with van der Waals surface area (Å²) >= 11 is 0. The number of aryl methyl sites for hydroxylation is 1. The quantitative estimate of drug-likeness (QED) is 0.618. The minimum Gasteiger partial charge on any atom is -0.444 e. The van der Waals surface area contributed by atoms with E-state index in [0.29, 0.717) is 6.29 Å². The van der Waals surface area contributed by atoms with Crippen molar-refractivity contribution in [2.75, 3.05) is 19.6 Å². The van der Waals surface area contributed by atoms with Gasteiger partial charge in [-0.1, -0.05) is 0 Å². The molecule has 1 aromatic heterocycles. The van der Waals surface area contributed by atoms with Gasteiger partial charge in [0.05, 0.1) is 6.54 Å². The first kappa shape index (κ1) is 21.1. The molecule has 26 heavy (non-hydrogen) atoms. The Morgan fingerprint density at radius 3 is 2.58 bits per heavy atom. The highest BCUT2D eigenvalue weighted by molar-refractivity contribution is 5.78. The summed E-state index contributed by atoms with van der Waals surface area (Å²) in [6.45, 7) is 6.29. The van der Waals surface area contributed by atoms with E-state index in [2.05, 4.69) is 10.3 Å². The number of carbonyl (C=O) groups excluding carboxylic acids is 3. The van der Waals surface area contributed by atoms with E-state index in [1.165, 1.54) is 18.0 Å². The monoisotopic (exact) mass is 368 g/mol. The average molecular weight is 368 g/mol. The van der Waals surface area contributed by atoms with Crippen molar-refractivity contribution in [2.24, 2.45) is 0 Å². The molecule has 2 N–H and O–H groups in total. The Morgan fingerprint density at radius 2 is 2.00 bits per heavy atom. The predicted octanol–water partition coefficient (Wildman–Crippen LogP) is -0.603. The lowest BCUT2D eigenvalue weighted by Crippen LogP contribution is -2.43. The zero-order chi connectivity index (χ0) is 19.9. The van der Waals surface area contributed by atoms with Crippen molar-refractivity contribution in [3.05, 3.63) is 32.6 Å². The van der Waals surface area contributed by atoms with Crippen LogP contribution in [0, 0.1) is 6.92 Å². The number of carbonyl (C=O) groups is 3. The third-order valence-electron chi connectivity index (χ3n) is 3.19. The summed E-state index contributed by atoms with van der Waals surface area (Å²) in [6.07, 6.45) is 1.19. The van der Waals surface area contributed by atoms with Gasteiger partial charge in [-0.15, -0.1) is 0 Å². The second-order valence-corrected chi connectivity index (χ2v) is 6.63. The Bertz CT molecular complexity index is 774. The predicted molar refractivity (Wildman–Crippen MR) is 92.9 cm³/mol. The second-order valence-electron chi connectivity index (χ2n) is 6.63. The zero-order valence-electron chi connectivity index (χ0n) is 15.3. The van der Waals surface area contributed by atoms with Crippen LogP contribution in [0.3, 0.4) is 0 Å². The van der Waals surface area contributed by atoms with Crippen molar-refractivity contribution in [1.82, 2.24) is 19.8 Å². The molecule has 1 heterocycles. The molecular weight excluding hydrogens is 344 g/mol. The molecule has 0 atom stereocenters. The topological polar surface area (TPSA) is 131 Å². The van der Waals surface area contributed by atoms with Gasteiger partial charge in [0, 0.05) is 24.8 Å². The molecule has 0 aliphatic rings. The maximum Gasteiger partial charge on any atom is 0.407 e. The Balaban J connectivity index is 2.69. The van der Waals surface area contributed by atoms with Crippen LogP contribution in [0.2, 0.25) is 0 Å². The van der Waals surface area contributed by atoms with Gasteiger partial charge in [-0.25, -0.2) is 9.59 Å². The molecule has 0 bridgehead atoms. The number of aldehydes is 1. The van der Waals surface area contributed by atoms with Crippen LogP contribution < -0.4 is 16.6 Å². The minimum atomic E-state index is -0.716. The summed E-state index contributed by atoms with van der Waals surface area (Å²) in [5.74, 6) is -0.503. The highest BCUT2D eigenvalue weighted by Crippen LogP contribution is 2.06. The summed E-state index contributed by atoms with van der Waals surface area (Å²) < 4.78 is 6.13. The Kier molecular flexibility index (Phi) is 7.29. The number of alkyl carbamates (subject to hydrolysis) is 1. The van der Waals surface area contributed by atoms with E-state index in [1.54, 1.807) is 20.8 Å². The molecule has 0 fully saturated rings. The van der Waals surface area contributed by atoms with E-state index in [9.17, 15) is 24.0 Å². The number of H-pyrrole nitrogens is 1. The van der Waals surface area contributed by atoms with E-state index in [-0.39, 0.29) is 31.7 Å². The smallest absolute Gasteiger partial charge is 0.407 e. The SMILES string of the molecule is Cc1cn(CC(=O)N(CC=O)CCNC(=O)OC(C)(C)C)c(=O)[nH]c1=O. The van der Waals surface area contributed by atoms with Crippen LogP contribution in [0.25, 0.3) is 0 Å². The third kappa shape index (κ3) is 6.91. The van der Waals surface area contributed by atoms with Crippen LogP contribution in [0.4, 0.5) is 4.79 Å². The lowest BCUT2D eigenvalue weighted by molar-refractivity contribution is -0.133. The van der Waals surface area contributed by atoms with Gasteiger partial charge in [0.25, 0.3) is 5.56 Å². The van der Waals surface area contributed by atoms with E-state index in [0.717, 1.165) is 4.57 Å². The van der Waals surface area contributed by atoms with E-state index in [1.807, 2.05) is 0 Å². The van der Waals surface area contributed by atoms with Gasteiger partial charge in [0.1, 0.15) is 18.4 Å². The number of hydrogen-bond acceptors (Lipinski definition) is 6. The number of aromatic nitrogens is 2. The first-order chi connectivity index (χ1) is 12.0. The molecule has 0 saturated carbocycles. The van der Waals surface area contributed by atoms with Gasteiger partial charge in [-0.05, 0) is 27.7 Å². The van der Waals surface area contributed by atoms with Crippen LogP contribution in [-0.2, 0) is 20.9 Å². The molecule has 1 aromatic rings. The van der Waals surface area contributed by atoms with E-state index in [4.69, 9.17) is 4.74 Å². The average Bonchev–Trinajstić information content (AvgIpc) is 2.50. The van der Waals surface area contributed by atoms with Crippen molar-refractivity contribution < 1.29 is 19.1 Å². The normalized spacial score (nSPS) is 10.9. The van der Waals surface area contributed by atoms with Gasteiger partial charge in [-0.3, -0.25) is 19.1 Å². The number of ether oxygens (including phenoxy) is 1. The van der Waals surface area contributed by atoms with Crippen LogP contribution in [0.5, 0.6) is 0 Å². The molecule has 0 saturated heterocycles. The lowest BCUT2D eigenvalue weighted by atomic mass is 10.2. The Hall–Kier alpha value is -2.91. The Labute approximate surface area is 150 Å². The molecule has 10 heteroatoms. The zero-order valence-corrected chi connectivity index (χ0v) is 15.3. The van der Waals surface area contributed by atoms with Gasteiger partial charge in [0.15, 0.2) is 0 Å². The number of hydrogen-bond donors (Lipinski definition) is 2. The first-order valence-corrected chi connectivity index (χ1v) is 8.02. The van der Waals surface area contributed by atoms with Crippen molar-refractivity contribution in [2.45, 2.75) is 39.8 Å². The molecule has 2 amide bonds. The second kappa shape index (κ2) is 8.97. The molecule has 0 aliphatic heterocycles. The molecule has 0 radical (unpaired) electrons. The molecule has 0 aliphatic carbocycles. The maximum absolute atomic E-state index is 12.3. The molecule has 144 valence electrons. The fraction of sp³-hybridized carbons (Fsp3) is 0.562. The van der Waals surface area contributed by atoms with Crippen LogP contribution in [-0.4, -0.2) is 58.0 Å². The van der Waals surface area contributed by atoms with Crippen LogP contribution in [0.15, 0.2) is 15.8 Å². The molecule has 0 aromatic carbocycles. The highest BCUT2D eigenvalue weighted by Gasteiger charge is 2.18. The van der Waals surface area contributed by atoms with Crippen molar-refractivity contribution in [3.8, 4) is 0 Å². The van der Waals surface area contributed by atoms with E-state index < -0.39 is 28.9 Å². The summed E-state index contributed by atoms with van der Waals surface area (Å²) in [7, 11) is 0. The fourth-order valence-corrected chi connectivity index (χ4v) is 2.00. The number of aromatic amines is 1. The van der Waals surface area contributed by atoms with Crippen molar-refractivity contribution in [3.63, 3.8) is 0 Å². The molecule has 10 nitrogen and oxygen atoms in total. The van der Waals surface area contributed by atoms with Gasteiger partial charge in [-0.2, -0.15) is 0 Å². The number of nitrogens with one attached hydrogen (secondary N) is 2. The summed E-state index contributed by atoms with van der Waals surface area (Å²) in [4.78, 5) is 61.1. The largest absolute Gasteiger partial charge is 0.444 e. The molecule has 1 rings (SSSR count). The summed E-state index contributed by atoms with van der Waals surface area (Å²) in [5.41, 5.74) is -1.60. The van der Waals surface area contributed by atoms with Crippen molar-refractivity contribution >= 4 is 18.3 Å². The lowest BCUT2D eigenvalue weighted by Gasteiger charge is -2.22. The van der Waals surface area contributed by atoms with Gasteiger partial charge >= 0.3 is 11.8 Å². The van der Waals surface area contributed by atoms with Crippen molar-refractivity contribution in [1.29, 1.82) is 0 Å². The summed E-state index contributed by atoms with van der Waals surface area (Å²) in [5, 5.41) is 2.49. The minimum absolute atomic E-state index is 0.0634. The van der Waals surface area contributed by atoms with Gasteiger partial charge < -0.3 is 19.7 Å². The van der Waals surface area contributed by atoms with Crippen LogP contribution >= 0.6 is 0 Å². The molecule has 0 unspecified atom stereocenters. The molecular formula is C16H24N4O6. The summed E-state index contributed by atoms with van der Waals surface area (Å²) in [6, 6.07) is 0. The molecule has 0 spiro atoms. The first-order valence-electron chi connectivity index (χ1n) is 8.02.